The minimum atomic E-state index is -1.23. The van der Waals surface area contributed by atoms with Crippen LogP contribution >= 0.6 is 0 Å². The Kier molecular flexibility index (Phi) is 8.27. The molecule has 1 unspecified atom stereocenters. The lowest BCUT2D eigenvalue weighted by atomic mass is 9.97. The largest absolute Gasteiger partial charge is 0.369 e. The first-order valence-corrected chi connectivity index (χ1v) is 19.0. The van der Waals surface area contributed by atoms with E-state index in [1.165, 1.54) is 4.90 Å². The number of aliphatic hydroxyl groups is 1. The first-order chi connectivity index (χ1) is 28.5. The van der Waals surface area contributed by atoms with E-state index in [1.807, 2.05) is 140 Å². The van der Waals surface area contributed by atoms with Gasteiger partial charge in [0, 0.05) is 21.9 Å². The van der Waals surface area contributed by atoms with Crippen LogP contribution in [0.2, 0.25) is 0 Å². The average Bonchev–Trinajstić information content (AvgIpc) is 3.75. The van der Waals surface area contributed by atoms with Crippen molar-refractivity contribution in [2.24, 2.45) is 0 Å². The number of nitrogens with zero attached hydrogens (tertiary/aromatic N) is 4. The molecule has 0 bridgehead atoms. The molecule has 1 aliphatic heterocycles. The molecule has 9 aromatic rings. The zero-order valence-corrected chi connectivity index (χ0v) is 31.0. The summed E-state index contributed by atoms with van der Waals surface area (Å²) in [5, 5.41) is 33.4. The molecule has 0 radical (unpaired) electrons. The highest BCUT2D eigenvalue weighted by Crippen LogP contribution is 2.46. The normalized spacial score (nSPS) is 13.4. The van der Waals surface area contributed by atoms with Gasteiger partial charge in [0.05, 0.1) is 51.2 Å². The Bertz CT molecular complexity index is 3070. The predicted octanol–water partition coefficient (Wildman–Crippen LogP) is 11.8. The van der Waals surface area contributed by atoms with E-state index in [0.717, 1.165) is 66.3 Å². The summed E-state index contributed by atoms with van der Waals surface area (Å²) in [6, 6.07) is 63.8. The molecule has 0 saturated heterocycles. The van der Waals surface area contributed by atoms with E-state index in [9.17, 15) is 15.6 Å². The third kappa shape index (κ3) is 5.64. The summed E-state index contributed by atoms with van der Waals surface area (Å²) < 4.78 is 2.11. The van der Waals surface area contributed by atoms with Crippen LogP contribution in [-0.2, 0) is 0 Å². The van der Waals surface area contributed by atoms with E-state index in [0.29, 0.717) is 33.6 Å². The summed E-state index contributed by atoms with van der Waals surface area (Å²) in [5.41, 5.74) is 12.6. The zero-order chi connectivity index (χ0) is 39.3. The molecule has 1 atom stereocenters. The molecule has 2 heterocycles. The molecule has 0 saturated carbocycles. The number of carbonyl (C=O) groups excluding carboxylic acids is 1. The van der Waals surface area contributed by atoms with Crippen molar-refractivity contribution >= 4 is 33.4 Å². The first-order valence-electron chi connectivity index (χ1n) is 19.0. The smallest absolute Gasteiger partial charge is 0.263 e. The van der Waals surface area contributed by atoms with Crippen LogP contribution in [0.3, 0.4) is 0 Å². The lowest BCUT2D eigenvalue weighted by Crippen LogP contribution is -2.28. The van der Waals surface area contributed by atoms with Crippen molar-refractivity contribution in [3.05, 3.63) is 204 Å². The molecule has 0 aliphatic carbocycles. The zero-order valence-electron chi connectivity index (χ0n) is 31.0. The van der Waals surface area contributed by atoms with E-state index in [2.05, 4.69) is 47.0 Å². The van der Waals surface area contributed by atoms with Crippen molar-refractivity contribution in [3.63, 3.8) is 0 Å². The van der Waals surface area contributed by atoms with Gasteiger partial charge in [-0.2, -0.15) is 10.5 Å². The lowest BCUT2D eigenvalue weighted by Gasteiger charge is -2.25. The molecular weight excluding hydrogens is 713 g/mol. The van der Waals surface area contributed by atoms with E-state index >= 15 is 4.79 Å². The molecule has 1 N–H and O–H groups in total. The van der Waals surface area contributed by atoms with Crippen molar-refractivity contribution in [3.8, 4) is 62.3 Å². The molecule has 1 aromatic heterocycles. The van der Waals surface area contributed by atoms with Crippen LogP contribution in [0.25, 0.3) is 72.0 Å². The maximum absolute atomic E-state index is 15.1. The molecule has 0 spiro atoms. The molecule has 6 heteroatoms. The van der Waals surface area contributed by atoms with Crippen molar-refractivity contribution in [2.45, 2.75) is 6.23 Å². The van der Waals surface area contributed by atoms with E-state index in [-0.39, 0.29) is 5.91 Å². The molecular formula is C52H32N4O2. The minimum Gasteiger partial charge on any atom is -0.369 e. The quantitative estimate of drug-likeness (QED) is 0.183. The Morgan fingerprint density at radius 1 is 0.466 bits per heavy atom. The van der Waals surface area contributed by atoms with E-state index in [1.54, 1.807) is 12.1 Å². The Morgan fingerprint density at radius 3 is 1.55 bits per heavy atom. The van der Waals surface area contributed by atoms with Gasteiger partial charge in [0.2, 0.25) is 0 Å². The second-order valence-corrected chi connectivity index (χ2v) is 14.4. The van der Waals surface area contributed by atoms with E-state index in [4.69, 9.17) is 0 Å². The van der Waals surface area contributed by atoms with Crippen LogP contribution in [0.5, 0.6) is 0 Å². The number of amides is 1. The van der Waals surface area contributed by atoms with E-state index < -0.39 is 6.23 Å². The van der Waals surface area contributed by atoms with Gasteiger partial charge in [-0.25, -0.2) is 0 Å². The summed E-state index contributed by atoms with van der Waals surface area (Å²) >= 11 is 0. The lowest BCUT2D eigenvalue weighted by molar-refractivity contribution is 0.0935. The SMILES string of the molecule is N#Cc1cccc(-c2ccc3c(c2)c2cc(-c4cccc(C#N)c4)ccc2n3-c2cccc3c2C(=O)N(c2cc(-c4ccccc4)ccc2-c2ccccc2)C3O)c1. The van der Waals surface area contributed by atoms with Crippen molar-refractivity contribution in [2.75, 3.05) is 4.90 Å². The van der Waals surface area contributed by atoms with Gasteiger partial charge in [0.15, 0.2) is 6.23 Å². The van der Waals surface area contributed by atoms with Crippen molar-refractivity contribution in [1.29, 1.82) is 10.5 Å². The third-order valence-electron chi connectivity index (χ3n) is 11.1. The second kappa shape index (κ2) is 13.9. The highest BCUT2D eigenvalue weighted by atomic mass is 16.3. The Balaban J connectivity index is 1.18. The number of fused-ring (bicyclic) bond motifs is 4. The van der Waals surface area contributed by atoms with Crippen LogP contribution in [-0.4, -0.2) is 15.6 Å². The van der Waals surface area contributed by atoms with Gasteiger partial charge >= 0.3 is 0 Å². The molecule has 6 nitrogen and oxygen atoms in total. The maximum atomic E-state index is 15.1. The predicted molar refractivity (Wildman–Crippen MR) is 230 cm³/mol. The summed E-state index contributed by atoms with van der Waals surface area (Å²) in [4.78, 5) is 16.7. The number of benzene rings is 8. The molecule has 1 aliphatic rings. The van der Waals surface area contributed by atoms with Gasteiger partial charge in [0.25, 0.3) is 5.91 Å². The molecule has 8 aromatic carbocycles. The standard InChI is InChI=1S/C52H32N4O2/c53-31-33-10-7-16-37(26-33)39-21-24-46-44(28-39)45-29-40(38-17-8-11-34(27-38)32-54)22-25-47(45)55(46)48-19-9-18-43-50(48)52(58)56(51(43)57)49-30-41(35-12-3-1-4-13-35)20-23-42(49)36-14-5-2-6-15-36/h1-30,51,57H. The monoisotopic (exact) mass is 744 g/mol. The van der Waals surface area contributed by atoms with Crippen LogP contribution in [0.15, 0.2) is 182 Å². The number of hydrogen-bond acceptors (Lipinski definition) is 4. The van der Waals surface area contributed by atoms with Gasteiger partial charge in [-0.15, -0.1) is 0 Å². The number of carbonyl (C=O) groups is 1. The van der Waals surface area contributed by atoms with Gasteiger partial charge in [-0.3, -0.25) is 9.69 Å². The summed E-state index contributed by atoms with van der Waals surface area (Å²) in [5.74, 6) is -0.301. The summed E-state index contributed by atoms with van der Waals surface area (Å²) in [7, 11) is 0. The second-order valence-electron chi connectivity index (χ2n) is 14.4. The van der Waals surface area contributed by atoms with Crippen LogP contribution in [0.1, 0.15) is 33.3 Å². The highest BCUT2D eigenvalue weighted by molar-refractivity contribution is 6.17. The fourth-order valence-corrected chi connectivity index (χ4v) is 8.39. The number of aromatic nitrogens is 1. The molecule has 10 rings (SSSR count). The maximum Gasteiger partial charge on any atom is 0.263 e. The van der Waals surface area contributed by atoms with Crippen molar-refractivity contribution < 1.29 is 9.90 Å². The number of aliphatic hydroxyl groups excluding tert-OH is 1. The van der Waals surface area contributed by atoms with Crippen LogP contribution in [0.4, 0.5) is 5.69 Å². The molecule has 272 valence electrons. The summed E-state index contributed by atoms with van der Waals surface area (Å²) in [6.45, 7) is 0. The summed E-state index contributed by atoms with van der Waals surface area (Å²) in [6.07, 6.45) is -1.23. The number of anilines is 1. The molecule has 58 heavy (non-hydrogen) atoms. The van der Waals surface area contributed by atoms with Gasteiger partial charge in [-0.1, -0.05) is 121 Å². The average molecular weight is 745 g/mol. The third-order valence-corrected chi connectivity index (χ3v) is 11.1. The number of rotatable bonds is 6. The van der Waals surface area contributed by atoms with Gasteiger partial charge in [0.1, 0.15) is 0 Å². The first kappa shape index (κ1) is 34.5. The Morgan fingerprint density at radius 2 is 0.966 bits per heavy atom. The fourth-order valence-electron chi connectivity index (χ4n) is 8.39. The van der Waals surface area contributed by atoms with Crippen molar-refractivity contribution in [1.82, 2.24) is 4.57 Å². The number of nitriles is 2. The highest BCUT2D eigenvalue weighted by Gasteiger charge is 2.40. The van der Waals surface area contributed by atoms with Gasteiger partial charge < -0.3 is 9.67 Å². The topological polar surface area (TPSA) is 93.0 Å². The fraction of sp³-hybridized carbons (Fsp3) is 0.0192. The Labute approximate surface area is 335 Å². The minimum absolute atomic E-state index is 0.301. The van der Waals surface area contributed by atoms with Gasteiger partial charge in [-0.05, 0) is 99.6 Å². The molecule has 1 amide bonds. The number of hydrogen-bond donors (Lipinski definition) is 1. The van der Waals surface area contributed by atoms with Crippen LogP contribution < -0.4 is 4.90 Å². The Hall–Kier alpha value is -8.03. The molecule has 0 fully saturated rings. The van der Waals surface area contributed by atoms with Crippen LogP contribution in [0, 0.1) is 22.7 Å².